The molecule has 0 radical (unpaired) electrons. The van der Waals surface area contributed by atoms with Gasteiger partial charge in [-0.2, -0.15) is 5.10 Å². The minimum atomic E-state index is -0.434. The molecule has 0 spiro atoms. The predicted molar refractivity (Wildman–Crippen MR) is 98.2 cm³/mol. The van der Waals surface area contributed by atoms with Crippen molar-refractivity contribution in [3.8, 4) is 11.5 Å². The van der Waals surface area contributed by atoms with Crippen molar-refractivity contribution in [1.29, 1.82) is 0 Å². The summed E-state index contributed by atoms with van der Waals surface area (Å²) in [6.45, 7) is 4.13. The summed E-state index contributed by atoms with van der Waals surface area (Å²) in [7, 11) is 0. The van der Waals surface area contributed by atoms with Crippen molar-refractivity contribution in [2.24, 2.45) is 5.10 Å². The van der Waals surface area contributed by atoms with Gasteiger partial charge in [-0.05, 0) is 43.7 Å². The molecule has 0 unspecified atom stereocenters. The lowest BCUT2D eigenvalue weighted by Crippen LogP contribution is -2.18. The Labute approximate surface area is 153 Å². The molecule has 0 atom stereocenters. The summed E-state index contributed by atoms with van der Waals surface area (Å²) >= 11 is 9.38. The summed E-state index contributed by atoms with van der Waals surface area (Å²) in [4.78, 5) is 12.1. The zero-order chi connectivity index (χ0) is 17.7. The van der Waals surface area contributed by atoms with E-state index in [0.717, 1.165) is 10.0 Å². The summed E-state index contributed by atoms with van der Waals surface area (Å²) in [6.07, 6.45) is 1.34. The van der Waals surface area contributed by atoms with Crippen molar-refractivity contribution in [3.63, 3.8) is 0 Å². The number of nitrogens with zero attached hydrogens (tertiary/aromatic N) is 1. The van der Waals surface area contributed by atoms with Gasteiger partial charge in [0.25, 0.3) is 5.91 Å². The summed E-state index contributed by atoms with van der Waals surface area (Å²) in [5.41, 5.74) is 4.08. The number of rotatable bonds is 5. The number of carbonyl (C=O) groups excluding carboxylic acids is 1. The largest absolute Gasteiger partial charge is 0.504 e. The van der Waals surface area contributed by atoms with Crippen LogP contribution in [0.1, 0.15) is 28.4 Å². The summed E-state index contributed by atoms with van der Waals surface area (Å²) in [6, 6.07) is 8.44. The molecule has 0 aliphatic carbocycles. The highest BCUT2D eigenvalue weighted by Crippen LogP contribution is 2.32. The molecular formula is C17H16BrClN2O3. The number of phenolic OH excluding ortho intramolecular Hbond substituents is 1. The summed E-state index contributed by atoms with van der Waals surface area (Å²) in [5, 5.41) is 14.3. The Kier molecular flexibility index (Phi) is 6.23. The van der Waals surface area contributed by atoms with Gasteiger partial charge in [0.1, 0.15) is 0 Å². The number of hydrogen-bond donors (Lipinski definition) is 2. The van der Waals surface area contributed by atoms with E-state index in [1.165, 1.54) is 6.21 Å². The molecule has 7 heteroatoms. The van der Waals surface area contributed by atoms with Crippen LogP contribution in [0.15, 0.2) is 39.9 Å². The minimum absolute atomic E-state index is 0.0496. The van der Waals surface area contributed by atoms with Crippen LogP contribution in [0.4, 0.5) is 0 Å². The van der Waals surface area contributed by atoms with Crippen LogP contribution in [0, 0.1) is 6.92 Å². The van der Waals surface area contributed by atoms with Crippen LogP contribution in [0.3, 0.4) is 0 Å². The quantitative estimate of drug-likeness (QED) is 0.570. The van der Waals surface area contributed by atoms with Gasteiger partial charge >= 0.3 is 0 Å². The molecule has 0 fully saturated rings. The van der Waals surface area contributed by atoms with Gasteiger partial charge in [-0.1, -0.05) is 33.6 Å². The molecule has 0 aliphatic heterocycles. The van der Waals surface area contributed by atoms with E-state index >= 15 is 0 Å². The van der Waals surface area contributed by atoms with Crippen LogP contribution in [0.25, 0.3) is 0 Å². The number of aromatic hydroxyl groups is 1. The average molecular weight is 412 g/mol. The molecule has 0 heterocycles. The van der Waals surface area contributed by atoms with Gasteiger partial charge in [0.05, 0.1) is 23.4 Å². The number of amides is 1. The fraction of sp³-hybridized carbons (Fsp3) is 0.176. The van der Waals surface area contributed by atoms with E-state index in [-0.39, 0.29) is 5.75 Å². The molecule has 0 saturated heterocycles. The smallest absolute Gasteiger partial charge is 0.272 e. The van der Waals surface area contributed by atoms with E-state index in [2.05, 4.69) is 26.5 Å². The molecular weight excluding hydrogens is 396 g/mol. The molecule has 2 N–H and O–H groups in total. The van der Waals surface area contributed by atoms with Crippen LogP contribution in [-0.4, -0.2) is 23.8 Å². The first-order valence-electron chi connectivity index (χ1n) is 7.17. The normalized spacial score (nSPS) is 10.8. The third-order valence-electron chi connectivity index (χ3n) is 3.11. The van der Waals surface area contributed by atoms with Gasteiger partial charge in [0.15, 0.2) is 11.5 Å². The second-order valence-electron chi connectivity index (χ2n) is 4.96. The second-order valence-corrected chi connectivity index (χ2v) is 6.28. The zero-order valence-electron chi connectivity index (χ0n) is 13.1. The topological polar surface area (TPSA) is 70.9 Å². The van der Waals surface area contributed by atoms with E-state index in [9.17, 15) is 9.90 Å². The maximum absolute atomic E-state index is 12.1. The molecule has 2 rings (SSSR count). The first-order valence-corrected chi connectivity index (χ1v) is 8.34. The zero-order valence-corrected chi connectivity index (χ0v) is 15.5. The lowest BCUT2D eigenvalue weighted by atomic mass is 10.1. The van der Waals surface area contributed by atoms with Crippen molar-refractivity contribution in [1.82, 2.24) is 5.43 Å². The van der Waals surface area contributed by atoms with Crippen molar-refractivity contribution in [3.05, 3.63) is 56.5 Å². The van der Waals surface area contributed by atoms with Crippen LogP contribution in [-0.2, 0) is 0 Å². The van der Waals surface area contributed by atoms with Gasteiger partial charge in [-0.25, -0.2) is 5.43 Å². The fourth-order valence-corrected chi connectivity index (χ4v) is 2.76. The van der Waals surface area contributed by atoms with Crippen molar-refractivity contribution < 1.29 is 14.6 Å². The van der Waals surface area contributed by atoms with E-state index in [0.29, 0.717) is 28.5 Å². The van der Waals surface area contributed by atoms with Crippen LogP contribution < -0.4 is 10.2 Å². The van der Waals surface area contributed by atoms with Crippen molar-refractivity contribution in [2.45, 2.75) is 13.8 Å². The Morgan fingerprint density at radius 1 is 1.42 bits per heavy atom. The minimum Gasteiger partial charge on any atom is -0.504 e. The monoisotopic (exact) mass is 410 g/mol. The summed E-state index contributed by atoms with van der Waals surface area (Å²) < 4.78 is 6.06. The number of nitrogens with one attached hydrogen (secondary N) is 1. The number of halogens is 2. The third kappa shape index (κ3) is 4.49. The van der Waals surface area contributed by atoms with Crippen molar-refractivity contribution in [2.75, 3.05) is 6.61 Å². The maximum Gasteiger partial charge on any atom is 0.272 e. The molecule has 2 aromatic carbocycles. The molecule has 0 aromatic heterocycles. The highest BCUT2D eigenvalue weighted by Gasteiger charge is 2.11. The Morgan fingerprint density at radius 3 is 2.83 bits per heavy atom. The molecule has 0 bridgehead atoms. The number of aryl methyl sites for hydroxylation is 1. The molecule has 0 aliphatic rings. The highest BCUT2D eigenvalue weighted by molar-refractivity contribution is 9.10. The lowest BCUT2D eigenvalue weighted by Gasteiger charge is -2.08. The Hall–Kier alpha value is -2.05. The maximum atomic E-state index is 12.1. The van der Waals surface area contributed by atoms with Gasteiger partial charge in [-0.15, -0.1) is 0 Å². The number of phenols is 1. The molecule has 0 saturated carbocycles. The van der Waals surface area contributed by atoms with Gasteiger partial charge in [0.2, 0.25) is 0 Å². The van der Waals surface area contributed by atoms with Crippen LogP contribution in [0.5, 0.6) is 11.5 Å². The number of benzene rings is 2. The number of hydrogen-bond acceptors (Lipinski definition) is 4. The Bertz CT molecular complexity index is 794. The third-order valence-corrected chi connectivity index (χ3v) is 3.88. The van der Waals surface area contributed by atoms with E-state index in [4.69, 9.17) is 16.3 Å². The standard InChI is InChI=1S/C17H16BrClN2O3/c1-3-24-15-8-12(18)7-11(16(15)22)9-20-21-17(23)13-5-4-10(2)6-14(13)19/h4-9,22H,3H2,1-2H3,(H,21,23). The number of ether oxygens (including phenoxy) is 1. The highest BCUT2D eigenvalue weighted by atomic mass is 79.9. The van der Waals surface area contributed by atoms with Crippen LogP contribution >= 0.6 is 27.5 Å². The average Bonchev–Trinajstić information content (AvgIpc) is 2.51. The SMILES string of the molecule is CCOc1cc(Br)cc(C=NNC(=O)c2ccc(C)cc2Cl)c1O. The molecule has 24 heavy (non-hydrogen) atoms. The first-order chi connectivity index (χ1) is 11.4. The molecule has 5 nitrogen and oxygen atoms in total. The van der Waals surface area contributed by atoms with Crippen molar-refractivity contribution >= 4 is 39.7 Å². The molecule has 2 aromatic rings. The fourth-order valence-electron chi connectivity index (χ4n) is 1.98. The number of carbonyl (C=O) groups is 1. The molecule has 1 amide bonds. The summed E-state index contributed by atoms with van der Waals surface area (Å²) in [5.74, 6) is -0.150. The predicted octanol–water partition coefficient (Wildman–Crippen LogP) is 4.28. The number of hydrazone groups is 1. The van der Waals surface area contributed by atoms with Gasteiger partial charge in [-0.3, -0.25) is 4.79 Å². The van der Waals surface area contributed by atoms with E-state index in [1.807, 2.05) is 13.8 Å². The van der Waals surface area contributed by atoms with E-state index in [1.54, 1.807) is 30.3 Å². The lowest BCUT2D eigenvalue weighted by molar-refractivity contribution is 0.0955. The van der Waals surface area contributed by atoms with E-state index < -0.39 is 5.91 Å². The van der Waals surface area contributed by atoms with Gasteiger partial charge < -0.3 is 9.84 Å². The first kappa shape index (κ1) is 18.3. The second kappa shape index (κ2) is 8.17. The van der Waals surface area contributed by atoms with Gasteiger partial charge in [0, 0.05) is 10.0 Å². The Morgan fingerprint density at radius 2 is 2.17 bits per heavy atom. The van der Waals surface area contributed by atoms with Crippen LogP contribution in [0.2, 0.25) is 5.02 Å². The molecule has 126 valence electrons. The Balaban J connectivity index is 2.15.